The monoisotopic (exact) mass is 424 g/mol. The predicted octanol–water partition coefficient (Wildman–Crippen LogP) is 4.76. The highest BCUT2D eigenvalue weighted by Gasteiger charge is 2.20. The maximum absolute atomic E-state index is 13.8. The molecule has 0 saturated carbocycles. The van der Waals surface area contributed by atoms with E-state index >= 15 is 0 Å². The predicted molar refractivity (Wildman–Crippen MR) is 127 cm³/mol. The van der Waals surface area contributed by atoms with Crippen LogP contribution in [0.2, 0.25) is 0 Å². The van der Waals surface area contributed by atoms with Crippen molar-refractivity contribution < 1.29 is 0 Å². The zero-order valence-electron chi connectivity index (χ0n) is 18.5. The van der Waals surface area contributed by atoms with E-state index in [9.17, 15) is 4.79 Å². The molecule has 5 rings (SSSR count). The van der Waals surface area contributed by atoms with Crippen molar-refractivity contribution in [3.05, 3.63) is 87.9 Å². The van der Waals surface area contributed by atoms with Crippen LogP contribution in [-0.4, -0.2) is 24.5 Å². The summed E-state index contributed by atoms with van der Waals surface area (Å²) in [6, 6.07) is 15.8. The maximum atomic E-state index is 13.8. The number of aryl methyl sites for hydroxylation is 3. The number of aromatic nitrogens is 5. The topological polar surface area (TPSA) is 88.5 Å². The largest absolute Gasteiger partial charge is 0.360 e. The lowest BCUT2D eigenvalue weighted by atomic mass is 10.0. The number of imidazole rings is 1. The van der Waals surface area contributed by atoms with E-state index in [4.69, 9.17) is 0 Å². The minimum absolute atomic E-state index is 0.0256. The lowest BCUT2D eigenvalue weighted by molar-refractivity contribution is 0.770. The Balaban J connectivity index is 1.74. The molecule has 0 bridgehead atoms. The number of benzene rings is 2. The maximum Gasteiger partial charge on any atom is 0.263 e. The van der Waals surface area contributed by atoms with Crippen LogP contribution >= 0.6 is 0 Å². The number of rotatable bonds is 4. The van der Waals surface area contributed by atoms with Crippen LogP contribution < -0.4 is 10.9 Å². The van der Waals surface area contributed by atoms with Crippen LogP contribution in [0.3, 0.4) is 0 Å². The van der Waals surface area contributed by atoms with Crippen LogP contribution in [-0.2, 0) is 0 Å². The summed E-state index contributed by atoms with van der Waals surface area (Å²) >= 11 is 0. The van der Waals surface area contributed by atoms with E-state index in [1.807, 2.05) is 74.7 Å². The van der Waals surface area contributed by atoms with E-state index in [2.05, 4.69) is 31.3 Å². The average Bonchev–Trinajstić information content (AvgIpc) is 3.23. The smallest absolute Gasteiger partial charge is 0.263 e. The Morgan fingerprint density at radius 3 is 2.59 bits per heavy atom. The van der Waals surface area contributed by atoms with Gasteiger partial charge in [0.2, 0.25) is 0 Å². The number of pyridine rings is 1. The van der Waals surface area contributed by atoms with E-state index in [1.165, 1.54) is 0 Å². The number of para-hydroxylation sites is 1. The molecule has 0 fully saturated rings. The summed E-state index contributed by atoms with van der Waals surface area (Å²) in [5.74, 6) is 1.27. The van der Waals surface area contributed by atoms with Gasteiger partial charge in [0.05, 0.1) is 23.4 Å². The molecule has 0 amide bonds. The van der Waals surface area contributed by atoms with Crippen molar-refractivity contribution in [1.82, 2.24) is 24.5 Å². The van der Waals surface area contributed by atoms with Crippen molar-refractivity contribution in [2.75, 3.05) is 5.32 Å². The molecule has 0 spiro atoms. The molecule has 0 aliphatic rings. The third kappa shape index (κ3) is 3.22. The van der Waals surface area contributed by atoms with Gasteiger partial charge < -0.3 is 10.3 Å². The average molecular weight is 425 g/mol. The van der Waals surface area contributed by atoms with Crippen molar-refractivity contribution in [3.8, 4) is 5.69 Å². The SMILES string of the molecule is Cc1nc(NC(C)c2cc3cccc(C)c3c(=O)n2-c2ccccc2C)c2nc[nH]c2n1. The number of aromatic amines is 1. The number of hydrogen-bond acceptors (Lipinski definition) is 5. The zero-order chi connectivity index (χ0) is 22.4. The quantitative estimate of drug-likeness (QED) is 0.434. The number of nitrogens with zero attached hydrogens (tertiary/aromatic N) is 4. The molecule has 1 unspecified atom stereocenters. The standard InChI is InChI=1S/C25H24N6O/c1-14-8-5-6-11-19(14)31-20(12-18-10-7-9-15(2)21(18)25(31)32)16(3)28-24-22-23(27-13-26-22)29-17(4)30-24/h5-13,16H,1-4H3,(H2,26,27,28,29,30). The third-order valence-corrected chi connectivity index (χ3v) is 5.83. The van der Waals surface area contributed by atoms with Crippen LogP contribution in [0.1, 0.15) is 35.6 Å². The molecule has 3 aromatic heterocycles. The van der Waals surface area contributed by atoms with Crippen LogP contribution in [0.4, 0.5) is 5.82 Å². The molecule has 2 aromatic carbocycles. The van der Waals surface area contributed by atoms with E-state index < -0.39 is 0 Å². The fraction of sp³-hybridized carbons (Fsp3) is 0.200. The fourth-order valence-corrected chi connectivity index (χ4v) is 4.26. The van der Waals surface area contributed by atoms with Gasteiger partial charge in [-0.15, -0.1) is 0 Å². The Morgan fingerprint density at radius 2 is 1.78 bits per heavy atom. The summed E-state index contributed by atoms with van der Waals surface area (Å²) in [6.07, 6.45) is 1.61. The first-order valence-electron chi connectivity index (χ1n) is 10.6. The number of nitrogens with one attached hydrogen (secondary N) is 2. The minimum Gasteiger partial charge on any atom is -0.360 e. The molecule has 160 valence electrons. The van der Waals surface area contributed by atoms with Crippen molar-refractivity contribution >= 4 is 27.8 Å². The van der Waals surface area contributed by atoms with Gasteiger partial charge in [-0.05, 0) is 56.3 Å². The van der Waals surface area contributed by atoms with E-state index in [0.717, 1.165) is 33.3 Å². The van der Waals surface area contributed by atoms with Gasteiger partial charge >= 0.3 is 0 Å². The molecule has 0 radical (unpaired) electrons. The molecule has 3 heterocycles. The number of fused-ring (bicyclic) bond motifs is 2. The van der Waals surface area contributed by atoms with Crippen LogP contribution in [0.25, 0.3) is 27.6 Å². The van der Waals surface area contributed by atoms with Gasteiger partial charge in [-0.1, -0.05) is 36.4 Å². The highest BCUT2D eigenvalue weighted by Crippen LogP contribution is 2.27. The van der Waals surface area contributed by atoms with Crippen LogP contribution in [0.5, 0.6) is 0 Å². The first-order valence-corrected chi connectivity index (χ1v) is 10.6. The Labute approximate surface area is 185 Å². The number of H-pyrrole nitrogens is 1. The molecule has 7 nitrogen and oxygen atoms in total. The molecule has 7 heteroatoms. The number of anilines is 1. The van der Waals surface area contributed by atoms with E-state index in [-0.39, 0.29) is 11.6 Å². The second-order valence-electron chi connectivity index (χ2n) is 8.12. The highest BCUT2D eigenvalue weighted by atomic mass is 16.1. The van der Waals surface area contributed by atoms with Gasteiger partial charge in [0.1, 0.15) is 11.3 Å². The molecule has 32 heavy (non-hydrogen) atoms. The van der Waals surface area contributed by atoms with Gasteiger partial charge in [-0.25, -0.2) is 15.0 Å². The lowest BCUT2D eigenvalue weighted by Gasteiger charge is -2.23. The highest BCUT2D eigenvalue weighted by molar-refractivity contribution is 5.86. The van der Waals surface area contributed by atoms with Gasteiger partial charge in [0.15, 0.2) is 11.5 Å². The van der Waals surface area contributed by atoms with Gasteiger partial charge in [0, 0.05) is 5.69 Å². The van der Waals surface area contributed by atoms with E-state index in [0.29, 0.717) is 22.8 Å². The Kier molecular flexibility index (Phi) is 4.74. The minimum atomic E-state index is -0.221. The van der Waals surface area contributed by atoms with E-state index in [1.54, 1.807) is 6.33 Å². The summed E-state index contributed by atoms with van der Waals surface area (Å²) in [5.41, 5.74) is 5.04. The van der Waals surface area contributed by atoms with Crippen molar-refractivity contribution in [2.24, 2.45) is 0 Å². The molecular weight excluding hydrogens is 400 g/mol. The van der Waals surface area contributed by atoms with Crippen LogP contribution in [0.15, 0.2) is 59.7 Å². The Bertz CT molecular complexity index is 1530. The molecule has 0 aliphatic carbocycles. The number of hydrogen-bond donors (Lipinski definition) is 2. The van der Waals surface area contributed by atoms with Gasteiger partial charge in [0.25, 0.3) is 5.56 Å². The third-order valence-electron chi connectivity index (χ3n) is 5.83. The van der Waals surface area contributed by atoms with Crippen molar-refractivity contribution in [3.63, 3.8) is 0 Å². The first kappa shape index (κ1) is 19.9. The summed E-state index contributed by atoms with van der Waals surface area (Å²) in [5, 5.41) is 5.13. The first-order chi connectivity index (χ1) is 15.4. The molecule has 0 saturated heterocycles. The molecule has 5 aromatic rings. The zero-order valence-corrected chi connectivity index (χ0v) is 18.5. The molecule has 1 atom stereocenters. The van der Waals surface area contributed by atoms with Crippen molar-refractivity contribution in [2.45, 2.75) is 33.7 Å². The summed E-state index contributed by atoms with van der Waals surface area (Å²) < 4.78 is 1.82. The fourth-order valence-electron chi connectivity index (χ4n) is 4.26. The summed E-state index contributed by atoms with van der Waals surface area (Å²) in [6.45, 7) is 7.87. The molecular formula is C25H24N6O. The lowest BCUT2D eigenvalue weighted by Crippen LogP contribution is -2.26. The Hall–Kier alpha value is -4.00. The molecule has 0 aliphatic heterocycles. The van der Waals surface area contributed by atoms with Gasteiger partial charge in [-0.2, -0.15) is 0 Å². The van der Waals surface area contributed by atoms with Crippen molar-refractivity contribution in [1.29, 1.82) is 0 Å². The second-order valence-corrected chi connectivity index (χ2v) is 8.12. The Morgan fingerprint density at radius 1 is 1.00 bits per heavy atom. The normalized spacial score (nSPS) is 12.4. The summed E-state index contributed by atoms with van der Waals surface area (Å²) in [4.78, 5) is 30.2. The molecule has 2 N–H and O–H groups in total. The van der Waals surface area contributed by atoms with Gasteiger partial charge in [-0.3, -0.25) is 9.36 Å². The van der Waals surface area contributed by atoms with Crippen LogP contribution in [0, 0.1) is 20.8 Å². The summed E-state index contributed by atoms with van der Waals surface area (Å²) in [7, 11) is 0. The second kappa shape index (κ2) is 7.60.